The van der Waals surface area contributed by atoms with Crippen molar-refractivity contribution in [3.63, 3.8) is 0 Å². The summed E-state index contributed by atoms with van der Waals surface area (Å²) in [6.07, 6.45) is 3.58. The minimum absolute atomic E-state index is 0. The van der Waals surface area contributed by atoms with Crippen molar-refractivity contribution in [3.05, 3.63) is 0 Å². The molecular weight excluding hydrogens is 278 g/mol. The normalized spacial score (nSPS) is 24.4. The Morgan fingerprint density at radius 2 is 2.15 bits per heavy atom. The molecule has 0 bridgehead atoms. The zero-order valence-electron chi connectivity index (χ0n) is 12.4. The van der Waals surface area contributed by atoms with Gasteiger partial charge >= 0.3 is 0 Å². The molecule has 6 heteroatoms. The number of hydrogen-bond acceptors (Lipinski definition) is 3. The van der Waals surface area contributed by atoms with E-state index in [0.717, 1.165) is 38.9 Å². The summed E-state index contributed by atoms with van der Waals surface area (Å²) >= 11 is 0. The molecule has 2 atom stereocenters. The lowest BCUT2D eigenvalue weighted by Gasteiger charge is -2.32. The molecule has 5 nitrogen and oxygen atoms in total. The summed E-state index contributed by atoms with van der Waals surface area (Å²) in [6.45, 7) is 6.61. The van der Waals surface area contributed by atoms with Crippen LogP contribution in [-0.2, 0) is 9.59 Å². The Bertz CT molecular complexity index is 343. The van der Waals surface area contributed by atoms with E-state index in [1.807, 2.05) is 13.8 Å². The molecule has 0 aromatic carbocycles. The maximum atomic E-state index is 12.5. The van der Waals surface area contributed by atoms with Crippen molar-refractivity contribution >= 4 is 24.2 Å². The van der Waals surface area contributed by atoms with Crippen molar-refractivity contribution in [2.45, 2.75) is 51.6 Å². The van der Waals surface area contributed by atoms with Crippen molar-refractivity contribution in [2.75, 3.05) is 19.6 Å². The van der Waals surface area contributed by atoms with Crippen LogP contribution in [0, 0.1) is 5.92 Å². The van der Waals surface area contributed by atoms with E-state index in [4.69, 9.17) is 0 Å². The van der Waals surface area contributed by atoms with Crippen LogP contribution >= 0.6 is 12.4 Å². The van der Waals surface area contributed by atoms with Gasteiger partial charge in [-0.05, 0) is 31.7 Å². The Hall–Kier alpha value is -0.810. The van der Waals surface area contributed by atoms with Gasteiger partial charge in [-0.15, -0.1) is 12.4 Å². The Kier molecular flexibility index (Phi) is 6.76. The van der Waals surface area contributed by atoms with E-state index in [1.54, 1.807) is 4.90 Å². The van der Waals surface area contributed by atoms with Gasteiger partial charge in [0, 0.05) is 25.6 Å². The first kappa shape index (κ1) is 17.2. The number of nitrogens with zero attached hydrogens (tertiary/aromatic N) is 1. The van der Waals surface area contributed by atoms with E-state index in [9.17, 15) is 9.59 Å². The summed E-state index contributed by atoms with van der Waals surface area (Å²) < 4.78 is 0. The molecule has 2 saturated heterocycles. The number of carbonyl (C=O) groups excluding carboxylic acids is 2. The molecule has 0 aromatic heterocycles. The third-order valence-corrected chi connectivity index (χ3v) is 3.99. The van der Waals surface area contributed by atoms with Crippen LogP contribution in [0.2, 0.25) is 0 Å². The van der Waals surface area contributed by atoms with Gasteiger partial charge in [-0.2, -0.15) is 0 Å². The number of likely N-dealkylation sites (tertiary alicyclic amines) is 1. The molecular formula is C14H26ClN3O2. The molecule has 0 aromatic rings. The summed E-state index contributed by atoms with van der Waals surface area (Å²) in [7, 11) is 0. The number of piperidine rings is 1. The summed E-state index contributed by atoms with van der Waals surface area (Å²) in [5.74, 6) is 0.285. The minimum Gasteiger partial charge on any atom is -0.350 e. The van der Waals surface area contributed by atoms with Gasteiger partial charge in [0.2, 0.25) is 11.8 Å². The molecule has 2 fully saturated rings. The third kappa shape index (κ3) is 4.09. The Morgan fingerprint density at radius 3 is 2.65 bits per heavy atom. The quantitative estimate of drug-likeness (QED) is 0.812. The Balaban J connectivity index is 0.00000200. The summed E-state index contributed by atoms with van der Waals surface area (Å²) in [5, 5.41) is 6.39. The molecule has 116 valence electrons. The Labute approximate surface area is 127 Å². The van der Waals surface area contributed by atoms with Crippen LogP contribution in [-0.4, -0.2) is 48.4 Å². The smallest absolute Gasteiger partial charge is 0.243 e. The van der Waals surface area contributed by atoms with E-state index < -0.39 is 0 Å². The summed E-state index contributed by atoms with van der Waals surface area (Å²) in [4.78, 5) is 26.1. The first-order chi connectivity index (χ1) is 9.09. The molecule has 0 spiro atoms. The van der Waals surface area contributed by atoms with Crippen LogP contribution in [0.5, 0.6) is 0 Å². The van der Waals surface area contributed by atoms with Crippen LogP contribution < -0.4 is 10.6 Å². The number of hydrogen-bond donors (Lipinski definition) is 2. The van der Waals surface area contributed by atoms with E-state index in [1.165, 1.54) is 0 Å². The average Bonchev–Trinajstić information content (AvgIpc) is 2.77. The zero-order valence-corrected chi connectivity index (χ0v) is 13.2. The molecule has 2 unspecified atom stereocenters. The van der Waals surface area contributed by atoms with E-state index in [2.05, 4.69) is 10.6 Å². The molecule has 2 aliphatic rings. The van der Waals surface area contributed by atoms with Crippen molar-refractivity contribution in [2.24, 2.45) is 5.92 Å². The van der Waals surface area contributed by atoms with Gasteiger partial charge in [0.05, 0.1) is 0 Å². The maximum Gasteiger partial charge on any atom is 0.243 e. The van der Waals surface area contributed by atoms with Gasteiger partial charge in [-0.3, -0.25) is 9.59 Å². The van der Waals surface area contributed by atoms with E-state index in [0.29, 0.717) is 6.42 Å². The average molecular weight is 304 g/mol. The minimum atomic E-state index is -0.308. The van der Waals surface area contributed by atoms with Crippen LogP contribution in [0.15, 0.2) is 0 Å². The molecule has 2 amide bonds. The second-order valence-corrected chi connectivity index (χ2v) is 5.93. The summed E-state index contributed by atoms with van der Waals surface area (Å²) in [6, 6.07) is -0.0999. The predicted octanol–water partition coefficient (Wildman–Crippen LogP) is 0.923. The highest BCUT2D eigenvalue weighted by molar-refractivity contribution is 5.89. The first-order valence-corrected chi connectivity index (χ1v) is 7.40. The van der Waals surface area contributed by atoms with E-state index in [-0.39, 0.29) is 42.2 Å². The van der Waals surface area contributed by atoms with Gasteiger partial charge in [0.25, 0.3) is 0 Å². The fraction of sp³-hybridized carbons (Fsp3) is 0.857. The van der Waals surface area contributed by atoms with Crippen molar-refractivity contribution in [1.82, 2.24) is 15.5 Å². The van der Waals surface area contributed by atoms with E-state index >= 15 is 0 Å². The standard InChI is InChI=1S/C14H25N3O2.ClH/c1-10(2)13(17-8-4-6-12(17)18)14(19)16-11-5-3-7-15-9-11;/h10-11,13,15H,3-9H2,1-2H3,(H,16,19);1H. The lowest BCUT2D eigenvalue weighted by Crippen LogP contribution is -2.55. The molecule has 20 heavy (non-hydrogen) atoms. The van der Waals surface area contributed by atoms with Crippen LogP contribution in [0.3, 0.4) is 0 Å². The molecule has 2 aliphatic heterocycles. The topological polar surface area (TPSA) is 61.4 Å². The van der Waals surface area contributed by atoms with Crippen molar-refractivity contribution in [3.8, 4) is 0 Å². The van der Waals surface area contributed by atoms with Crippen LogP contribution in [0.25, 0.3) is 0 Å². The van der Waals surface area contributed by atoms with Crippen molar-refractivity contribution < 1.29 is 9.59 Å². The number of nitrogens with one attached hydrogen (secondary N) is 2. The lowest BCUT2D eigenvalue weighted by molar-refractivity contribution is -0.139. The second-order valence-electron chi connectivity index (χ2n) is 5.93. The highest BCUT2D eigenvalue weighted by Crippen LogP contribution is 2.19. The van der Waals surface area contributed by atoms with Crippen molar-refractivity contribution in [1.29, 1.82) is 0 Å². The van der Waals surface area contributed by atoms with Gasteiger partial charge in [-0.25, -0.2) is 0 Å². The molecule has 2 heterocycles. The molecule has 0 aliphatic carbocycles. The number of carbonyl (C=O) groups is 2. The number of amides is 2. The van der Waals surface area contributed by atoms with Gasteiger partial charge in [0.1, 0.15) is 6.04 Å². The predicted molar refractivity (Wildman–Crippen MR) is 80.9 cm³/mol. The summed E-state index contributed by atoms with van der Waals surface area (Å²) in [5.41, 5.74) is 0. The number of halogens is 1. The molecule has 0 saturated carbocycles. The highest BCUT2D eigenvalue weighted by atomic mass is 35.5. The van der Waals surface area contributed by atoms with Crippen LogP contribution in [0.1, 0.15) is 39.5 Å². The zero-order chi connectivity index (χ0) is 13.8. The van der Waals surface area contributed by atoms with Gasteiger partial charge < -0.3 is 15.5 Å². The monoisotopic (exact) mass is 303 g/mol. The van der Waals surface area contributed by atoms with Gasteiger partial charge in [-0.1, -0.05) is 13.8 Å². The SMILES string of the molecule is CC(C)C(C(=O)NC1CCCNC1)N1CCCC1=O.Cl. The number of rotatable bonds is 4. The largest absolute Gasteiger partial charge is 0.350 e. The molecule has 2 N–H and O–H groups in total. The first-order valence-electron chi connectivity index (χ1n) is 7.40. The fourth-order valence-corrected chi connectivity index (χ4v) is 3.03. The third-order valence-electron chi connectivity index (χ3n) is 3.99. The molecule has 2 rings (SSSR count). The lowest BCUT2D eigenvalue weighted by atomic mass is 10.0. The molecule has 0 radical (unpaired) electrons. The maximum absolute atomic E-state index is 12.5. The second kappa shape index (κ2) is 7.84. The fourth-order valence-electron chi connectivity index (χ4n) is 3.03. The van der Waals surface area contributed by atoms with Gasteiger partial charge in [0.15, 0.2) is 0 Å². The Morgan fingerprint density at radius 1 is 1.40 bits per heavy atom. The highest BCUT2D eigenvalue weighted by Gasteiger charge is 2.35. The van der Waals surface area contributed by atoms with Crippen LogP contribution in [0.4, 0.5) is 0 Å².